The van der Waals surface area contributed by atoms with Gasteiger partial charge in [0.05, 0.1) is 12.0 Å². The topological polar surface area (TPSA) is 87.2 Å². The molecule has 0 saturated heterocycles. The average Bonchev–Trinajstić information content (AvgIpc) is 3.39. The van der Waals surface area contributed by atoms with Gasteiger partial charge in [0, 0.05) is 12.1 Å². The summed E-state index contributed by atoms with van der Waals surface area (Å²) < 4.78 is 12.3. The second-order valence-electron chi connectivity index (χ2n) is 5.95. The van der Waals surface area contributed by atoms with Crippen LogP contribution in [-0.2, 0) is 22.5 Å². The number of furan rings is 1. The van der Waals surface area contributed by atoms with Gasteiger partial charge in [0.1, 0.15) is 0 Å². The number of nitrogens with zero attached hydrogens (tertiary/aromatic N) is 3. The minimum absolute atomic E-state index is 0.0400. The fraction of sp³-hybridized carbons (Fsp3) is 0.300. The summed E-state index contributed by atoms with van der Waals surface area (Å²) in [7, 11) is 0. The Bertz CT molecular complexity index is 933. The molecule has 3 rings (SSSR count). The Balaban J connectivity index is 1.52. The largest absolute Gasteiger partial charge is 0.461 e. The van der Waals surface area contributed by atoms with Crippen LogP contribution in [0.25, 0.3) is 11.6 Å². The van der Waals surface area contributed by atoms with E-state index < -0.39 is 5.97 Å². The van der Waals surface area contributed by atoms with Crippen molar-refractivity contribution in [2.75, 3.05) is 12.4 Å². The van der Waals surface area contributed by atoms with Crippen molar-refractivity contribution in [3.63, 3.8) is 0 Å². The molecule has 0 unspecified atom stereocenters. The van der Waals surface area contributed by atoms with Crippen molar-refractivity contribution in [3.8, 4) is 11.6 Å². The van der Waals surface area contributed by atoms with Crippen LogP contribution in [0.1, 0.15) is 29.8 Å². The monoisotopic (exact) mass is 399 g/mol. The number of ether oxygens (including phenoxy) is 1. The van der Waals surface area contributed by atoms with E-state index in [9.17, 15) is 9.59 Å². The van der Waals surface area contributed by atoms with Crippen LogP contribution in [0.5, 0.6) is 0 Å². The molecule has 0 bridgehead atoms. The molecule has 0 aliphatic carbocycles. The molecule has 146 valence electrons. The molecule has 0 saturated carbocycles. The van der Waals surface area contributed by atoms with Gasteiger partial charge in [0.15, 0.2) is 29.1 Å². The van der Waals surface area contributed by atoms with E-state index >= 15 is 0 Å². The highest BCUT2D eigenvalue weighted by atomic mass is 32.2. The summed E-state index contributed by atoms with van der Waals surface area (Å²) in [6, 6.07) is 10.9. The standard InChI is InChI=1S/C20H21N3O4S/c1-3-14-7-9-15(10-8-14)16(24)12-27-18(25)13-28-20-22-21-19(23(20)4-2)17-6-5-11-26-17/h5-11H,3-4,12-13H2,1-2H3. The molecule has 0 N–H and O–H groups in total. The Kier molecular flexibility index (Phi) is 6.65. The second kappa shape index (κ2) is 9.36. The van der Waals surface area contributed by atoms with Gasteiger partial charge in [-0.05, 0) is 31.0 Å². The van der Waals surface area contributed by atoms with E-state index in [2.05, 4.69) is 10.2 Å². The first-order valence-electron chi connectivity index (χ1n) is 9.00. The molecule has 3 aromatic rings. The number of hydrogen-bond donors (Lipinski definition) is 0. The molecular weight excluding hydrogens is 378 g/mol. The lowest BCUT2D eigenvalue weighted by atomic mass is 10.1. The van der Waals surface area contributed by atoms with Crippen LogP contribution in [0.3, 0.4) is 0 Å². The van der Waals surface area contributed by atoms with Crippen molar-refractivity contribution in [3.05, 3.63) is 53.8 Å². The number of carbonyl (C=O) groups excluding carboxylic acids is 2. The molecule has 0 spiro atoms. The number of Topliss-reactive ketones (excluding diaryl/α,β-unsaturated/α-hetero) is 1. The summed E-state index contributed by atoms with van der Waals surface area (Å²) in [5.74, 6) is 0.558. The van der Waals surface area contributed by atoms with Gasteiger partial charge in [-0.3, -0.25) is 14.2 Å². The van der Waals surface area contributed by atoms with Crippen molar-refractivity contribution in [2.45, 2.75) is 32.0 Å². The molecule has 2 heterocycles. The molecule has 7 nitrogen and oxygen atoms in total. The van der Waals surface area contributed by atoms with Crippen LogP contribution < -0.4 is 0 Å². The Morgan fingerprint density at radius 3 is 2.57 bits per heavy atom. The Hall–Kier alpha value is -2.87. The van der Waals surface area contributed by atoms with E-state index in [0.29, 0.717) is 28.8 Å². The van der Waals surface area contributed by atoms with E-state index in [0.717, 1.165) is 12.0 Å². The number of hydrogen-bond acceptors (Lipinski definition) is 7. The lowest BCUT2D eigenvalue weighted by molar-refractivity contribution is -0.139. The average molecular weight is 399 g/mol. The second-order valence-corrected chi connectivity index (χ2v) is 6.89. The van der Waals surface area contributed by atoms with Crippen molar-refractivity contribution in [1.29, 1.82) is 0 Å². The van der Waals surface area contributed by atoms with E-state index in [-0.39, 0.29) is 18.1 Å². The SMILES string of the molecule is CCc1ccc(C(=O)COC(=O)CSc2nnc(-c3ccco3)n2CC)cc1. The lowest BCUT2D eigenvalue weighted by Crippen LogP contribution is -2.16. The fourth-order valence-electron chi connectivity index (χ4n) is 2.59. The lowest BCUT2D eigenvalue weighted by Gasteiger charge is -2.06. The van der Waals surface area contributed by atoms with Gasteiger partial charge in [-0.25, -0.2) is 0 Å². The smallest absolute Gasteiger partial charge is 0.316 e. The predicted molar refractivity (Wildman–Crippen MR) is 105 cm³/mol. The third-order valence-electron chi connectivity index (χ3n) is 4.14. The molecular formula is C20H21N3O4S. The summed E-state index contributed by atoms with van der Waals surface area (Å²) >= 11 is 1.21. The van der Waals surface area contributed by atoms with E-state index in [4.69, 9.17) is 9.15 Å². The first-order chi connectivity index (χ1) is 13.6. The van der Waals surface area contributed by atoms with Crippen LogP contribution in [-0.4, -0.2) is 38.9 Å². The number of carbonyl (C=O) groups is 2. The molecule has 0 fully saturated rings. The van der Waals surface area contributed by atoms with Gasteiger partial charge in [-0.2, -0.15) is 0 Å². The summed E-state index contributed by atoms with van der Waals surface area (Å²) in [5, 5.41) is 8.83. The van der Waals surface area contributed by atoms with Crippen LogP contribution >= 0.6 is 11.8 Å². The van der Waals surface area contributed by atoms with Gasteiger partial charge >= 0.3 is 5.97 Å². The summed E-state index contributed by atoms with van der Waals surface area (Å²) in [4.78, 5) is 24.2. The highest BCUT2D eigenvalue weighted by molar-refractivity contribution is 7.99. The zero-order chi connectivity index (χ0) is 19.9. The van der Waals surface area contributed by atoms with E-state index in [1.807, 2.05) is 30.5 Å². The van der Waals surface area contributed by atoms with Gasteiger partial charge in [0.25, 0.3) is 0 Å². The molecule has 0 aliphatic rings. The van der Waals surface area contributed by atoms with E-state index in [1.165, 1.54) is 11.8 Å². The number of rotatable bonds is 9. The highest BCUT2D eigenvalue weighted by Crippen LogP contribution is 2.24. The maximum atomic E-state index is 12.1. The number of aryl methyl sites for hydroxylation is 1. The van der Waals surface area contributed by atoms with Crippen LogP contribution in [0.4, 0.5) is 0 Å². The summed E-state index contributed by atoms with van der Waals surface area (Å²) in [6.45, 7) is 4.36. The third kappa shape index (κ3) is 4.69. The zero-order valence-electron chi connectivity index (χ0n) is 15.8. The molecule has 0 aliphatic heterocycles. The molecule has 0 radical (unpaired) electrons. The van der Waals surface area contributed by atoms with Gasteiger partial charge in [0.2, 0.25) is 0 Å². The Morgan fingerprint density at radius 2 is 1.93 bits per heavy atom. The first kappa shape index (κ1) is 19.9. The number of esters is 1. The van der Waals surface area contributed by atoms with Gasteiger partial charge < -0.3 is 9.15 Å². The van der Waals surface area contributed by atoms with E-state index in [1.54, 1.807) is 30.5 Å². The number of benzene rings is 1. The molecule has 1 aromatic carbocycles. The van der Waals surface area contributed by atoms with Crippen molar-refractivity contribution in [2.24, 2.45) is 0 Å². The summed E-state index contributed by atoms with van der Waals surface area (Å²) in [5.41, 5.74) is 1.69. The molecule has 0 atom stereocenters. The molecule has 8 heteroatoms. The minimum atomic E-state index is -0.478. The van der Waals surface area contributed by atoms with Crippen LogP contribution in [0.2, 0.25) is 0 Å². The van der Waals surface area contributed by atoms with Crippen molar-refractivity contribution in [1.82, 2.24) is 14.8 Å². The molecule has 28 heavy (non-hydrogen) atoms. The maximum absolute atomic E-state index is 12.1. The summed E-state index contributed by atoms with van der Waals surface area (Å²) in [6.07, 6.45) is 2.48. The highest BCUT2D eigenvalue weighted by Gasteiger charge is 2.17. The Labute approximate surface area is 167 Å². The Morgan fingerprint density at radius 1 is 1.14 bits per heavy atom. The molecule has 0 amide bonds. The minimum Gasteiger partial charge on any atom is -0.461 e. The maximum Gasteiger partial charge on any atom is 0.316 e. The van der Waals surface area contributed by atoms with Crippen molar-refractivity contribution < 1.29 is 18.7 Å². The van der Waals surface area contributed by atoms with Gasteiger partial charge in [-0.15, -0.1) is 10.2 Å². The quantitative estimate of drug-likeness (QED) is 0.308. The predicted octanol–water partition coefficient (Wildman–Crippen LogP) is 3.64. The third-order valence-corrected chi connectivity index (χ3v) is 5.08. The number of aromatic nitrogens is 3. The number of thioether (sulfide) groups is 1. The normalized spacial score (nSPS) is 10.8. The zero-order valence-corrected chi connectivity index (χ0v) is 16.6. The first-order valence-corrected chi connectivity index (χ1v) is 9.98. The molecule has 2 aromatic heterocycles. The fourth-order valence-corrected chi connectivity index (χ4v) is 3.39. The van der Waals surface area contributed by atoms with Crippen LogP contribution in [0.15, 0.2) is 52.2 Å². The number of ketones is 1. The van der Waals surface area contributed by atoms with Crippen molar-refractivity contribution >= 4 is 23.5 Å². The van der Waals surface area contributed by atoms with Crippen LogP contribution in [0, 0.1) is 0 Å². The van der Waals surface area contributed by atoms with Gasteiger partial charge in [-0.1, -0.05) is 43.0 Å².